The van der Waals surface area contributed by atoms with Gasteiger partial charge in [0.2, 0.25) is 5.76 Å². The number of aromatic nitrogens is 1. The standard InChI is InChI=1S/C20H17ClN2O4/c1-13-20(23(25)26)19(27-22-13)12-15(16-9-5-6-10-17(16)21)11-18(24)14-7-3-2-4-8-14/h2-10,15H,11-12H2,1H3/t15-/m0/s1. The highest BCUT2D eigenvalue weighted by molar-refractivity contribution is 6.31. The van der Waals surface area contributed by atoms with Crippen molar-refractivity contribution in [1.82, 2.24) is 5.16 Å². The molecule has 6 nitrogen and oxygen atoms in total. The minimum absolute atomic E-state index is 0.0700. The monoisotopic (exact) mass is 384 g/mol. The van der Waals surface area contributed by atoms with E-state index in [0.717, 1.165) is 5.56 Å². The Morgan fingerprint density at radius 1 is 1.19 bits per heavy atom. The van der Waals surface area contributed by atoms with E-state index in [2.05, 4.69) is 5.16 Å². The van der Waals surface area contributed by atoms with Gasteiger partial charge in [-0.2, -0.15) is 0 Å². The molecule has 2 aromatic carbocycles. The minimum atomic E-state index is -0.510. The number of aryl methyl sites for hydroxylation is 1. The smallest absolute Gasteiger partial charge is 0.334 e. The summed E-state index contributed by atoms with van der Waals surface area (Å²) in [5, 5.41) is 15.6. The van der Waals surface area contributed by atoms with Crippen molar-refractivity contribution in [3.63, 3.8) is 0 Å². The maximum Gasteiger partial charge on any atom is 0.334 e. The lowest BCUT2D eigenvalue weighted by Gasteiger charge is -2.16. The molecule has 0 aliphatic carbocycles. The quantitative estimate of drug-likeness (QED) is 0.319. The van der Waals surface area contributed by atoms with Crippen LogP contribution in [0.25, 0.3) is 0 Å². The summed E-state index contributed by atoms with van der Waals surface area (Å²) in [5.41, 5.74) is 1.38. The average Bonchev–Trinajstić information content (AvgIpc) is 3.02. The van der Waals surface area contributed by atoms with Gasteiger partial charge in [-0.05, 0) is 24.5 Å². The molecule has 0 saturated carbocycles. The molecule has 0 aliphatic rings. The summed E-state index contributed by atoms with van der Waals surface area (Å²) in [4.78, 5) is 23.6. The molecule has 0 spiro atoms. The van der Waals surface area contributed by atoms with Crippen molar-refractivity contribution in [1.29, 1.82) is 0 Å². The van der Waals surface area contributed by atoms with Gasteiger partial charge in [-0.25, -0.2) is 0 Å². The fraction of sp³-hybridized carbons (Fsp3) is 0.200. The van der Waals surface area contributed by atoms with Crippen LogP contribution in [0.15, 0.2) is 59.1 Å². The van der Waals surface area contributed by atoms with Gasteiger partial charge >= 0.3 is 5.69 Å². The van der Waals surface area contributed by atoms with E-state index in [1.807, 2.05) is 18.2 Å². The largest absolute Gasteiger partial charge is 0.354 e. The Morgan fingerprint density at radius 2 is 1.85 bits per heavy atom. The second-order valence-electron chi connectivity index (χ2n) is 6.21. The van der Waals surface area contributed by atoms with Crippen molar-refractivity contribution >= 4 is 23.1 Å². The Balaban J connectivity index is 1.95. The van der Waals surface area contributed by atoms with Crippen LogP contribution in [-0.2, 0) is 6.42 Å². The zero-order valence-electron chi connectivity index (χ0n) is 14.6. The lowest BCUT2D eigenvalue weighted by Crippen LogP contribution is -2.11. The van der Waals surface area contributed by atoms with E-state index in [4.69, 9.17) is 16.1 Å². The highest BCUT2D eigenvalue weighted by atomic mass is 35.5. The molecular formula is C20H17ClN2O4. The molecule has 7 heteroatoms. The van der Waals surface area contributed by atoms with E-state index in [0.29, 0.717) is 10.6 Å². The van der Waals surface area contributed by atoms with Crippen molar-refractivity contribution in [3.05, 3.63) is 92.3 Å². The fourth-order valence-electron chi connectivity index (χ4n) is 3.07. The summed E-state index contributed by atoms with van der Waals surface area (Å²) in [6.07, 6.45) is 0.296. The lowest BCUT2D eigenvalue weighted by molar-refractivity contribution is -0.386. The minimum Gasteiger partial charge on any atom is -0.354 e. The first-order chi connectivity index (χ1) is 13.0. The number of carbonyl (C=O) groups excluding carboxylic acids is 1. The maximum absolute atomic E-state index is 12.7. The first-order valence-corrected chi connectivity index (χ1v) is 8.77. The van der Waals surface area contributed by atoms with Crippen LogP contribution >= 0.6 is 11.6 Å². The van der Waals surface area contributed by atoms with Crippen LogP contribution in [0.3, 0.4) is 0 Å². The number of halogens is 1. The highest BCUT2D eigenvalue weighted by Crippen LogP contribution is 2.34. The number of nitro groups is 1. The van der Waals surface area contributed by atoms with E-state index in [1.54, 1.807) is 36.4 Å². The Labute approximate surface area is 160 Å². The molecule has 3 aromatic rings. The summed E-state index contributed by atoms with van der Waals surface area (Å²) in [6.45, 7) is 1.52. The molecule has 0 aliphatic heterocycles. The van der Waals surface area contributed by atoms with Crippen molar-refractivity contribution < 1.29 is 14.2 Å². The van der Waals surface area contributed by atoms with E-state index in [1.165, 1.54) is 6.92 Å². The molecule has 1 heterocycles. The Hall–Kier alpha value is -2.99. The summed E-state index contributed by atoms with van der Waals surface area (Å²) >= 11 is 6.33. The van der Waals surface area contributed by atoms with Crippen LogP contribution in [0, 0.1) is 17.0 Å². The molecule has 138 valence electrons. The van der Waals surface area contributed by atoms with E-state index in [9.17, 15) is 14.9 Å². The Bertz CT molecular complexity index is 969. The van der Waals surface area contributed by atoms with Crippen LogP contribution in [-0.4, -0.2) is 15.9 Å². The zero-order valence-corrected chi connectivity index (χ0v) is 15.3. The lowest BCUT2D eigenvalue weighted by atomic mass is 9.88. The molecule has 27 heavy (non-hydrogen) atoms. The number of benzene rings is 2. The predicted octanol–water partition coefficient (Wildman–Crippen LogP) is 5.14. The SMILES string of the molecule is Cc1noc(C[C@H](CC(=O)c2ccccc2)c2ccccc2Cl)c1[N+](=O)[O-]. The normalized spacial score (nSPS) is 11.9. The van der Waals surface area contributed by atoms with Gasteiger partial charge in [-0.15, -0.1) is 0 Å². The van der Waals surface area contributed by atoms with Gasteiger partial charge < -0.3 is 4.52 Å². The number of hydrogen-bond donors (Lipinski definition) is 0. The number of hydrogen-bond acceptors (Lipinski definition) is 5. The summed E-state index contributed by atoms with van der Waals surface area (Å²) in [5.74, 6) is -0.305. The molecular weight excluding hydrogens is 368 g/mol. The highest BCUT2D eigenvalue weighted by Gasteiger charge is 2.29. The third-order valence-electron chi connectivity index (χ3n) is 4.39. The third-order valence-corrected chi connectivity index (χ3v) is 4.73. The summed E-state index contributed by atoms with van der Waals surface area (Å²) < 4.78 is 5.19. The van der Waals surface area contributed by atoms with Crippen LogP contribution < -0.4 is 0 Å². The van der Waals surface area contributed by atoms with Gasteiger partial charge in [0.1, 0.15) is 0 Å². The van der Waals surface area contributed by atoms with Gasteiger partial charge in [0.25, 0.3) is 0 Å². The van der Waals surface area contributed by atoms with Gasteiger partial charge in [0, 0.05) is 23.4 Å². The second kappa shape index (κ2) is 8.14. The molecule has 0 unspecified atom stereocenters. The topological polar surface area (TPSA) is 86.2 Å². The second-order valence-corrected chi connectivity index (χ2v) is 6.62. The fourth-order valence-corrected chi connectivity index (χ4v) is 3.36. The molecule has 0 N–H and O–H groups in total. The van der Waals surface area contributed by atoms with Crippen molar-refractivity contribution in [2.24, 2.45) is 0 Å². The van der Waals surface area contributed by atoms with Gasteiger partial charge in [0.15, 0.2) is 11.5 Å². The maximum atomic E-state index is 12.7. The number of carbonyl (C=O) groups is 1. The molecule has 1 atom stereocenters. The summed E-state index contributed by atoms with van der Waals surface area (Å²) in [7, 11) is 0. The zero-order chi connectivity index (χ0) is 19.4. The average molecular weight is 385 g/mol. The molecule has 0 radical (unpaired) electrons. The number of Topliss-reactive ketones (excluding diaryl/α,β-unsaturated/α-hetero) is 1. The Kier molecular flexibility index (Phi) is 5.66. The molecule has 0 saturated heterocycles. The molecule has 0 amide bonds. The summed E-state index contributed by atoms with van der Waals surface area (Å²) in [6, 6.07) is 16.1. The van der Waals surface area contributed by atoms with Crippen molar-refractivity contribution in [3.8, 4) is 0 Å². The first-order valence-electron chi connectivity index (χ1n) is 8.39. The first kappa shape index (κ1) is 18.8. The van der Waals surface area contributed by atoms with Crippen LogP contribution in [0.4, 0.5) is 5.69 Å². The van der Waals surface area contributed by atoms with Crippen LogP contribution in [0.5, 0.6) is 0 Å². The van der Waals surface area contributed by atoms with Crippen molar-refractivity contribution in [2.45, 2.75) is 25.7 Å². The van der Waals surface area contributed by atoms with E-state index in [-0.39, 0.29) is 41.7 Å². The van der Waals surface area contributed by atoms with Crippen LogP contribution in [0.1, 0.15) is 39.7 Å². The molecule has 0 fully saturated rings. The number of rotatable bonds is 7. The number of nitrogens with zero attached hydrogens (tertiary/aromatic N) is 2. The third kappa shape index (κ3) is 4.23. The Morgan fingerprint density at radius 3 is 2.52 bits per heavy atom. The van der Waals surface area contributed by atoms with Gasteiger partial charge in [-0.1, -0.05) is 65.3 Å². The molecule has 0 bridgehead atoms. The van der Waals surface area contributed by atoms with Gasteiger partial charge in [-0.3, -0.25) is 14.9 Å². The van der Waals surface area contributed by atoms with Gasteiger partial charge in [0.05, 0.1) is 4.92 Å². The van der Waals surface area contributed by atoms with E-state index < -0.39 is 4.92 Å². The van der Waals surface area contributed by atoms with E-state index >= 15 is 0 Å². The van der Waals surface area contributed by atoms with Crippen LogP contribution in [0.2, 0.25) is 5.02 Å². The number of ketones is 1. The molecule has 1 aromatic heterocycles. The predicted molar refractivity (Wildman–Crippen MR) is 101 cm³/mol. The molecule has 3 rings (SSSR count). The van der Waals surface area contributed by atoms with Crippen molar-refractivity contribution in [2.75, 3.05) is 0 Å².